The molecule has 1 aromatic carbocycles. The van der Waals surface area contributed by atoms with Gasteiger partial charge in [-0.1, -0.05) is 42.5 Å². The molecule has 0 saturated carbocycles. The number of likely N-dealkylation sites (tertiary alicyclic amines) is 1. The molecule has 34 heavy (non-hydrogen) atoms. The van der Waals surface area contributed by atoms with Crippen molar-refractivity contribution in [3.05, 3.63) is 82.7 Å². The third-order valence-corrected chi connectivity index (χ3v) is 7.55. The summed E-state index contributed by atoms with van der Waals surface area (Å²) in [7, 11) is 0. The lowest BCUT2D eigenvalue weighted by atomic mass is 9.75. The van der Waals surface area contributed by atoms with Crippen LogP contribution in [0.3, 0.4) is 0 Å². The smallest absolute Gasteiger partial charge is 0.241 e. The van der Waals surface area contributed by atoms with E-state index >= 15 is 0 Å². The Hall–Kier alpha value is -3.52. The average molecular weight is 475 g/mol. The number of anilines is 1. The first-order valence-corrected chi connectivity index (χ1v) is 12.3. The Bertz CT molecular complexity index is 1160. The first-order valence-electron chi connectivity index (χ1n) is 11.4. The lowest BCUT2D eigenvalue weighted by molar-refractivity contribution is -0.143. The van der Waals surface area contributed by atoms with Gasteiger partial charge in [-0.25, -0.2) is 4.98 Å². The van der Waals surface area contributed by atoms with E-state index < -0.39 is 5.41 Å². The minimum Gasteiger partial charge on any atom is -0.353 e. The molecule has 0 aliphatic carbocycles. The number of amides is 3. The molecule has 7 nitrogen and oxygen atoms in total. The fourth-order valence-electron chi connectivity index (χ4n) is 4.84. The van der Waals surface area contributed by atoms with E-state index in [1.54, 1.807) is 6.20 Å². The van der Waals surface area contributed by atoms with Gasteiger partial charge in [-0.3, -0.25) is 19.3 Å². The molecular formula is C26H26N4O3S. The summed E-state index contributed by atoms with van der Waals surface area (Å²) in [5.41, 5.74) is -0.437. The number of benzene rings is 1. The molecule has 4 heterocycles. The molecule has 2 aliphatic rings. The standard InChI is InChI=1S/C26H26N4O3S/c31-23(29-14-12-28(13-15-29)22-10-4-5-11-27-22)17-26(20-7-2-1-3-8-20)18-24(32)30(25(26)33)19-21-9-6-16-34-21/h1-11,16H,12-15,17-19H2/t26-/m0/s1. The maximum atomic E-state index is 13.7. The second-order valence-electron chi connectivity index (χ2n) is 8.72. The summed E-state index contributed by atoms with van der Waals surface area (Å²) >= 11 is 1.51. The molecule has 3 aromatic rings. The summed E-state index contributed by atoms with van der Waals surface area (Å²) in [5, 5.41) is 1.93. The van der Waals surface area contributed by atoms with Crippen LogP contribution in [0.1, 0.15) is 23.3 Å². The van der Waals surface area contributed by atoms with E-state index in [2.05, 4.69) is 9.88 Å². The zero-order chi connectivity index (χ0) is 23.5. The molecule has 3 amide bonds. The van der Waals surface area contributed by atoms with Crippen LogP contribution >= 0.6 is 11.3 Å². The molecule has 2 aliphatic heterocycles. The van der Waals surface area contributed by atoms with Gasteiger partial charge in [0.05, 0.1) is 12.0 Å². The van der Waals surface area contributed by atoms with E-state index in [1.165, 1.54) is 16.2 Å². The Morgan fingerprint density at radius 2 is 1.71 bits per heavy atom. The Morgan fingerprint density at radius 1 is 0.941 bits per heavy atom. The highest BCUT2D eigenvalue weighted by atomic mass is 32.1. The third-order valence-electron chi connectivity index (χ3n) is 6.69. The molecule has 2 saturated heterocycles. The van der Waals surface area contributed by atoms with E-state index in [-0.39, 0.29) is 37.1 Å². The predicted octanol–water partition coefficient (Wildman–Crippen LogP) is 3.08. The fraction of sp³-hybridized carbons (Fsp3) is 0.308. The van der Waals surface area contributed by atoms with Gasteiger partial charge in [0.25, 0.3) is 0 Å². The van der Waals surface area contributed by atoms with Gasteiger partial charge in [-0.15, -0.1) is 11.3 Å². The van der Waals surface area contributed by atoms with Gasteiger partial charge in [0, 0.05) is 50.1 Å². The number of rotatable bonds is 6. The summed E-state index contributed by atoms with van der Waals surface area (Å²) in [6.07, 6.45) is 1.77. The zero-order valence-electron chi connectivity index (χ0n) is 18.8. The topological polar surface area (TPSA) is 73.8 Å². The van der Waals surface area contributed by atoms with Crippen LogP contribution in [0, 0.1) is 0 Å². The molecule has 1 atom stereocenters. The average Bonchev–Trinajstić information content (AvgIpc) is 3.48. The summed E-state index contributed by atoms with van der Waals surface area (Å²) < 4.78 is 0. The number of nitrogens with zero attached hydrogens (tertiary/aromatic N) is 4. The SMILES string of the molecule is O=C(C[C@@]1(c2ccccc2)CC(=O)N(Cc2cccs2)C1=O)N1CCN(c2ccccn2)CC1. The van der Waals surface area contributed by atoms with Crippen molar-refractivity contribution in [3.8, 4) is 0 Å². The molecule has 0 radical (unpaired) electrons. The van der Waals surface area contributed by atoms with E-state index in [1.807, 2.05) is 70.9 Å². The number of piperazine rings is 1. The van der Waals surface area contributed by atoms with Crippen molar-refractivity contribution in [3.63, 3.8) is 0 Å². The van der Waals surface area contributed by atoms with E-state index in [9.17, 15) is 14.4 Å². The highest BCUT2D eigenvalue weighted by Crippen LogP contribution is 2.41. The molecule has 5 rings (SSSR count). The highest BCUT2D eigenvalue weighted by Gasteiger charge is 2.54. The van der Waals surface area contributed by atoms with Gasteiger partial charge in [0.15, 0.2) is 0 Å². The van der Waals surface area contributed by atoms with Crippen molar-refractivity contribution >= 4 is 34.9 Å². The summed E-state index contributed by atoms with van der Waals surface area (Å²) in [6, 6.07) is 18.9. The molecule has 2 aromatic heterocycles. The normalized spacial score (nSPS) is 20.8. The summed E-state index contributed by atoms with van der Waals surface area (Å²) in [4.78, 5) is 50.9. The van der Waals surface area contributed by atoms with Crippen LogP contribution < -0.4 is 4.90 Å². The van der Waals surface area contributed by atoms with Crippen LogP contribution in [-0.2, 0) is 26.3 Å². The van der Waals surface area contributed by atoms with Gasteiger partial charge in [0.1, 0.15) is 5.82 Å². The van der Waals surface area contributed by atoms with Gasteiger partial charge in [-0.05, 0) is 29.1 Å². The molecule has 0 spiro atoms. The van der Waals surface area contributed by atoms with Crippen LogP contribution in [0.5, 0.6) is 0 Å². The number of hydrogen-bond donors (Lipinski definition) is 0. The molecule has 2 fully saturated rings. The lowest BCUT2D eigenvalue weighted by Crippen LogP contribution is -2.51. The van der Waals surface area contributed by atoms with Crippen molar-refractivity contribution in [2.45, 2.75) is 24.8 Å². The summed E-state index contributed by atoms with van der Waals surface area (Å²) in [6.45, 7) is 2.72. The number of hydrogen-bond acceptors (Lipinski definition) is 6. The van der Waals surface area contributed by atoms with Crippen LogP contribution in [0.2, 0.25) is 0 Å². The van der Waals surface area contributed by atoms with Crippen molar-refractivity contribution in [2.75, 3.05) is 31.1 Å². The highest BCUT2D eigenvalue weighted by molar-refractivity contribution is 7.09. The second-order valence-corrected chi connectivity index (χ2v) is 9.75. The largest absolute Gasteiger partial charge is 0.353 e. The molecular weight excluding hydrogens is 448 g/mol. The zero-order valence-corrected chi connectivity index (χ0v) is 19.6. The number of carbonyl (C=O) groups is 3. The Labute approximate surface area is 202 Å². The number of aromatic nitrogens is 1. The van der Waals surface area contributed by atoms with Crippen molar-refractivity contribution in [1.82, 2.24) is 14.8 Å². The van der Waals surface area contributed by atoms with Crippen molar-refractivity contribution < 1.29 is 14.4 Å². The van der Waals surface area contributed by atoms with Crippen LogP contribution in [0.15, 0.2) is 72.2 Å². The van der Waals surface area contributed by atoms with Crippen LogP contribution in [-0.4, -0.2) is 58.7 Å². The number of thiophene rings is 1. The number of carbonyl (C=O) groups excluding carboxylic acids is 3. The van der Waals surface area contributed by atoms with Gasteiger partial charge in [0.2, 0.25) is 17.7 Å². The van der Waals surface area contributed by atoms with Gasteiger partial charge in [-0.2, -0.15) is 0 Å². The van der Waals surface area contributed by atoms with E-state index in [4.69, 9.17) is 0 Å². The van der Waals surface area contributed by atoms with Gasteiger partial charge >= 0.3 is 0 Å². The Balaban J connectivity index is 1.35. The monoisotopic (exact) mass is 474 g/mol. The summed E-state index contributed by atoms with van der Waals surface area (Å²) in [5.74, 6) is 0.299. The lowest BCUT2D eigenvalue weighted by Gasteiger charge is -2.37. The molecule has 8 heteroatoms. The van der Waals surface area contributed by atoms with Crippen molar-refractivity contribution in [1.29, 1.82) is 0 Å². The van der Waals surface area contributed by atoms with E-state index in [0.29, 0.717) is 26.2 Å². The quantitative estimate of drug-likeness (QED) is 0.514. The third kappa shape index (κ3) is 4.21. The first-order chi connectivity index (χ1) is 16.6. The molecule has 0 bridgehead atoms. The van der Waals surface area contributed by atoms with Gasteiger partial charge < -0.3 is 9.80 Å². The second kappa shape index (κ2) is 9.38. The van der Waals surface area contributed by atoms with Crippen molar-refractivity contribution in [2.24, 2.45) is 0 Å². The molecule has 174 valence electrons. The molecule has 0 N–H and O–H groups in total. The molecule has 0 unspecified atom stereocenters. The maximum absolute atomic E-state index is 13.7. The van der Waals surface area contributed by atoms with Crippen LogP contribution in [0.4, 0.5) is 5.82 Å². The van der Waals surface area contributed by atoms with Crippen LogP contribution in [0.25, 0.3) is 0 Å². The Morgan fingerprint density at radius 3 is 2.38 bits per heavy atom. The number of imide groups is 1. The Kier molecular flexibility index (Phi) is 6.15. The fourth-order valence-corrected chi connectivity index (χ4v) is 5.53. The maximum Gasteiger partial charge on any atom is 0.241 e. The first kappa shape index (κ1) is 22.3. The minimum absolute atomic E-state index is 0.00782. The minimum atomic E-state index is -1.16. The number of pyridine rings is 1. The predicted molar refractivity (Wildman–Crippen MR) is 130 cm³/mol. The van der Waals surface area contributed by atoms with E-state index in [0.717, 1.165) is 16.3 Å².